The van der Waals surface area contributed by atoms with E-state index in [4.69, 9.17) is 5.26 Å². The van der Waals surface area contributed by atoms with Crippen LogP contribution < -0.4 is 5.32 Å². The first-order valence-corrected chi connectivity index (χ1v) is 6.56. The maximum Gasteiger partial charge on any atom is 0.101 e. The summed E-state index contributed by atoms with van der Waals surface area (Å²) in [6, 6.07) is 4.20. The molecule has 0 radical (unpaired) electrons. The Kier molecular flexibility index (Phi) is 2.89. The number of aryl methyl sites for hydroxylation is 1. The number of aromatic nitrogens is 1. The average Bonchev–Trinajstić information content (AvgIpc) is 2.83. The molecule has 3 heteroatoms. The van der Waals surface area contributed by atoms with Crippen molar-refractivity contribution in [2.24, 2.45) is 11.8 Å². The highest BCUT2D eigenvalue weighted by Crippen LogP contribution is 2.39. The van der Waals surface area contributed by atoms with Crippen molar-refractivity contribution in [1.29, 1.82) is 5.26 Å². The second-order valence-corrected chi connectivity index (χ2v) is 5.28. The first-order valence-electron chi connectivity index (χ1n) is 6.56. The van der Waals surface area contributed by atoms with Gasteiger partial charge in [-0.15, -0.1) is 0 Å². The molecular formula is C15H17N3. The van der Waals surface area contributed by atoms with Gasteiger partial charge in [0.05, 0.1) is 11.3 Å². The van der Waals surface area contributed by atoms with Gasteiger partial charge in [0.25, 0.3) is 0 Å². The summed E-state index contributed by atoms with van der Waals surface area (Å²) in [5.41, 5.74) is 4.02. The number of hydrogen-bond acceptors (Lipinski definition) is 3. The first kappa shape index (κ1) is 11.4. The van der Waals surface area contributed by atoms with Crippen LogP contribution in [0.4, 0.5) is 0 Å². The second-order valence-electron chi connectivity index (χ2n) is 5.28. The molecule has 2 aliphatic rings. The molecule has 1 N–H and O–H groups in total. The summed E-state index contributed by atoms with van der Waals surface area (Å²) in [6.07, 6.45) is 6.66. The highest BCUT2D eigenvalue weighted by atomic mass is 14.9. The number of rotatable bonds is 1. The Bertz CT molecular complexity index is 539. The van der Waals surface area contributed by atoms with Crippen LogP contribution in [-0.2, 0) is 0 Å². The van der Waals surface area contributed by atoms with Crippen molar-refractivity contribution in [2.75, 3.05) is 13.1 Å². The monoisotopic (exact) mass is 239 g/mol. The summed E-state index contributed by atoms with van der Waals surface area (Å²) < 4.78 is 0. The molecule has 3 nitrogen and oxygen atoms in total. The number of nitrogens with zero attached hydrogens (tertiary/aromatic N) is 2. The highest BCUT2D eigenvalue weighted by Gasteiger charge is 2.30. The molecule has 0 amide bonds. The van der Waals surface area contributed by atoms with Crippen molar-refractivity contribution in [2.45, 2.75) is 19.8 Å². The molecule has 1 aliphatic heterocycles. The van der Waals surface area contributed by atoms with E-state index in [9.17, 15) is 0 Å². The lowest BCUT2D eigenvalue weighted by atomic mass is 9.89. The van der Waals surface area contributed by atoms with Gasteiger partial charge in [-0.05, 0) is 61.9 Å². The van der Waals surface area contributed by atoms with E-state index in [0.29, 0.717) is 11.5 Å². The van der Waals surface area contributed by atoms with Crippen molar-refractivity contribution in [3.8, 4) is 6.07 Å². The molecular weight excluding hydrogens is 222 g/mol. The quantitative estimate of drug-likeness (QED) is 0.818. The van der Waals surface area contributed by atoms with Crippen molar-refractivity contribution < 1.29 is 0 Å². The smallest absolute Gasteiger partial charge is 0.101 e. The molecule has 92 valence electrons. The molecule has 1 aliphatic carbocycles. The summed E-state index contributed by atoms with van der Waals surface area (Å²) in [6.45, 7) is 4.13. The largest absolute Gasteiger partial charge is 0.316 e. The zero-order valence-electron chi connectivity index (χ0n) is 10.6. The Morgan fingerprint density at radius 1 is 1.50 bits per heavy atom. The van der Waals surface area contributed by atoms with Crippen LogP contribution in [0.5, 0.6) is 0 Å². The van der Waals surface area contributed by atoms with Crippen LogP contribution >= 0.6 is 0 Å². The van der Waals surface area contributed by atoms with E-state index in [0.717, 1.165) is 36.7 Å². The number of hydrogen-bond donors (Lipinski definition) is 1. The third-order valence-corrected chi connectivity index (χ3v) is 4.14. The minimum atomic E-state index is 0.696. The zero-order valence-corrected chi connectivity index (χ0v) is 10.6. The van der Waals surface area contributed by atoms with Gasteiger partial charge in [0.1, 0.15) is 6.07 Å². The van der Waals surface area contributed by atoms with E-state index >= 15 is 0 Å². The Balaban J connectivity index is 1.90. The molecule has 3 rings (SSSR count). The predicted octanol–water partition coefficient (Wildman–Crippen LogP) is 2.27. The van der Waals surface area contributed by atoms with E-state index in [-0.39, 0.29) is 0 Å². The van der Waals surface area contributed by atoms with Crippen LogP contribution in [-0.4, -0.2) is 18.1 Å². The number of nitriles is 1. The van der Waals surface area contributed by atoms with Crippen LogP contribution in [0.15, 0.2) is 18.3 Å². The predicted molar refractivity (Wildman–Crippen MR) is 70.7 cm³/mol. The van der Waals surface area contributed by atoms with E-state index in [1.165, 1.54) is 12.0 Å². The molecule has 0 saturated carbocycles. The zero-order chi connectivity index (χ0) is 12.5. The van der Waals surface area contributed by atoms with Crippen molar-refractivity contribution in [3.05, 3.63) is 35.2 Å². The van der Waals surface area contributed by atoms with Gasteiger partial charge in [0.2, 0.25) is 0 Å². The van der Waals surface area contributed by atoms with Crippen LogP contribution in [0.25, 0.3) is 5.57 Å². The molecule has 1 saturated heterocycles. The molecule has 1 fully saturated rings. The molecule has 0 bridgehead atoms. The molecule has 1 aromatic heterocycles. The summed E-state index contributed by atoms with van der Waals surface area (Å²) >= 11 is 0. The summed E-state index contributed by atoms with van der Waals surface area (Å²) in [7, 11) is 0. The Labute approximate surface area is 108 Å². The van der Waals surface area contributed by atoms with E-state index in [1.807, 2.05) is 19.2 Å². The maximum atomic E-state index is 9.07. The van der Waals surface area contributed by atoms with Crippen molar-refractivity contribution in [3.63, 3.8) is 0 Å². The van der Waals surface area contributed by atoms with Crippen LogP contribution in [0.3, 0.4) is 0 Å². The highest BCUT2D eigenvalue weighted by molar-refractivity contribution is 5.69. The van der Waals surface area contributed by atoms with Crippen LogP contribution in [0, 0.1) is 30.1 Å². The van der Waals surface area contributed by atoms with Gasteiger partial charge in [-0.3, -0.25) is 4.98 Å². The Hall–Kier alpha value is -1.66. The minimum Gasteiger partial charge on any atom is -0.316 e. The van der Waals surface area contributed by atoms with Gasteiger partial charge >= 0.3 is 0 Å². The normalized spacial score (nSPS) is 26.3. The molecule has 0 spiro atoms. The lowest BCUT2D eigenvalue weighted by Crippen LogP contribution is -2.33. The fourth-order valence-corrected chi connectivity index (χ4v) is 3.03. The number of piperidine rings is 1. The van der Waals surface area contributed by atoms with E-state index in [2.05, 4.69) is 22.4 Å². The standard InChI is InChI=1S/C15H17N3/c1-10-13(7-16)6-15(9-18-10)12-4-11-2-3-17-8-14(11)5-12/h4,6,9,11,14,17H,2-3,5,8H2,1H3/t11-,14-/m0/s1. The van der Waals surface area contributed by atoms with Gasteiger partial charge in [-0.2, -0.15) is 5.26 Å². The molecule has 2 heterocycles. The number of fused-ring (bicyclic) bond motifs is 1. The summed E-state index contributed by atoms with van der Waals surface area (Å²) in [4.78, 5) is 4.33. The Morgan fingerprint density at radius 2 is 2.39 bits per heavy atom. The van der Waals surface area contributed by atoms with Crippen molar-refractivity contribution >= 4 is 5.57 Å². The maximum absolute atomic E-state index is 9.07. The first-order chi connectivity index (χ1) is 8.78. The molecule has 18 heavy (non-hydrogen) atoms. The van der Waals surface area contributed by atoms with Gasteiger partial charge in [0.15, 0.2) is 0 Å². The summed E-state index contributed by atoms with van der Waals surface area (Å²) in [5, 5.41) is 12.5. The third kappa shape index (κ3) is 1.93. The Morgan fingerprint density at radius 3 is 3.17 bits per heavy atom. The van der Waals surface area contributed by atoms with Gasteiger partial charge in [0, 0.05) is 6.20 Å². The fourth-order valence-electron chi connectivity index (χ4n) is 3.03. The third-order valence-electron chi connectivity index (χ3n) is 4.14. The van der Waals surface area contributed by atoms with Crippen molar-refractivity contribution in [1.82, 2.24) is 10.3 Å². The van der Waals surface area contributed by atoms with Gasteiger partial charge in [-0.1, -0.05) is 6.08 Å². The molecule has 2 atom stereocenters. The topological polar surface area (TPSA) is 48.7 Å². The van der Waals surface area contributed by atoms with Gasteiger partial charge < -0.3 is 5.32 Å². The van der Waals surface area contributed by atoms with Crippen LogP contribution in [0.1, 0.15) is 29.7 Å². The lowest BCUT2D eigenvalue weighted by molar-refractivity contribution is 0.324. The van der Waals surface area contributed by atoms with Gasteiger partial charge in [-0.25, -0.2) is 0 Å². The molecule has 0 aromatic carbocycles. The number of pyridine rings is 1. The average molecular weight is 239 g/mol. The minimum absolute atomic E-state index is 0.696. The van der Waals surface area contributed by atoms with E-state index < -0.39 is 0 Å². The lowest BCUT2D eigenvalue weighted by Gasteiger charge is -2.25. The number of nitrogens with one attached hydrogen (secondary N) is 1. The second kappa shape index (κ2) is 4.55. The molecule has 0 unspecified atom stereocenters. The SMILES string of the molecule is Cc1ncc(C2=C[C@@H]3CCNC[C@@H]3C2)cc1C#N. The van der Waals surface area contributed by atoms with E-state index in [1.54, 1.807) is 0 Å². The summed E-state index contributed by atoms with van der Waals surface area (Å²) in [5.74, 6) is 1.45. The fraction of sp³-hybridized carbons (Fsp3) is 0.467. The van der Waals surface area contributed by atoms with Crippen LogP contribution in [0.2, 0.25) is 0 Å². The molecule has 1 aromatic rings. The number of allylic oxidation sites excluding steroid dienone is 2.